The first-order valence-electron chi connectivity index (χ1n) is 11.5. The van der Waals surface area contributed by atoms with Crippen LogP contribution >= 0.6 is 11.3 Å². The Balaban J connectivity index is 1.67. The third-order valence-corrected chi connectivity index (χ3v) is 11.7. The molecule has 4 rings (SSSR count). The smallest absolute Gasteiger partial charge is 0.271 e. The third kappa shape index (κ3) is 6.53. The predicted octanol–water partition coefficient (Wildman–Crippen LogP) is 3.85. The van der Waals surface area contributed by atoms with Gasteiger partial charge in [-0.05, 0) is 61.9 Å². The average Bonchev–Trinajstić information content (AvgIpc) is 3.34. The molecule has 10 nitrogen and oxygen atoms in total. The molecule has 0 atom stereocenters. The molecule has 0 spiro atoms. The van der Waals surface area contributed by atoms with E-state index in [-0.39, 0.29) is 38.5 Å². The quantitative estimate of drug-likeness (QED) is 0.262. The maximum absolute atomic E-state index is 13.5. The Morgan fingerprint density at radius 2 is 1.41 bits per heavy atom. The van der Waals surface area contributed by atoms with E-state index in [9.17, 15) is 25.3 Å². The number of fused-ring (bicyclic) bond motifs is 1. The normalized spacial score (nSPS) is 12.5. The largest absolute Gasteiger partial charge is 0.495 e. The van der Waals surface area contributed by atoms with Gasteiger partial charge in [0.2, 0.25) is 0 Å². The molecule has 0 aliphatic heterocycles. The van der Waals surface area contributed by atoms with Gasteiger partial charge in [0, 0.05) is 11.2 Å². The maximum Gasteiger partial charge on any atom is 0.271 e. The van der Waals surface area contributed by atoms with Gasteiger partial charge < -0.3 is 9.64 Å². The molecule has 208 valence electrons. The number of hydrogen-bond acceptors (Lipinski definition) is 9. The van der Waals surface area contributed by atoms with E-state index in [4.69, 9.17) is 4.74 Å². The topological polar surface area (TPSA) is 139 Å². The summed E-state index contributed by atoms with van der Waals surface area (Å²) in [5.41, 5.74) is -0.0580. The zero-order valence-corrected chi connectivity index (χ0v) is 24.5. The maximum atomic E-state index is 13.5. The van der Waals surface area contributed by atoms with Crippen molar-refractivity contribution in [3.63, 3.8) is 0 Å². The molecule has 0 unspecified atom stereocenters. The number of nitrogens with zero attached hydrogens (tertiary/aromatic N) is 1. The zero-order valence-electron chi connectivity index (χ0n) is 21.3. The molecule has 2 N–H and O–H groups in total. The highest BCUT2D eigenvalue weighted by atomic mass is 32.2. The number of nitrogens with one attached hydrogen (secondary N) is 2. The molecule has 4 aromatic rings. The number of methoxy groups -OCH3 is 1. The van der Waals surface area contributed by atoms with Gasteiger partial charge >= 0.3 is 0 Å². The molecule has 39 heavy (non-hydrogen) atoms. The molecule has 0 aliphatic rings. The van der Waals surface area contributed by atoms with Crippen LogP contribution in [0.3, 0.4) is 0 Å². The fraction of sp³-hybridized carbons (Fsp3) is 0.200. The summed E-state index contributed by atoms with van der Waals surface area (Å²) in [7, 11) is -7.52. The Hall–Kier alpha value is -3.17. The van der Waals surface area contributed by atoms with Crippen molar-refractivity contribution in [2.24, 2.45) is 0 Å². The fourth-order valence-corrected chi connectivity index (χ4v) is 8.87. The molecule has 0 saturated heterocycles. The van der Waals surface area contributed by atoms with Crippen molar-refractivity contribution in [3.05, 3.63) is 72.8 Å². The predicted molar refractivity (Wildman–Crippen MR) is 153 cm³/mol. The van der Waals surface area contributed by atoms with Crippen molar-refractivity contribution in [2.45, 2.75) is 14.0 Å². The van der Waals surface area contributed by atoms with Crippen LogP contribution in [0.2, 0.25) is 0 Å². The summed E-state index contributed by atoms with van der Waals surface area (Å²) in [6, 6.07) is 18.3. The Morgan fingerprint density at radius 3 is 2.03 bits per heavy atom. The Labute approximate surface area is 232 Å². The molecule has 0 saturated carbocycles. The lowest BCUT2D eigenvalue weighted by Crippen LogP contribution is -2.22. The molecule has 1 heterocycles. The van der Waals surface area contributed by atoms with Crippen molar-refractivity contribution in [2.75, 3.05) is 42.9 Å². The first-order chi connectivity index (χ1) is 18.3. The summed E-state index contributed by atoms with van der Waals surface area (Å²) in [4.78, 5) is 1.12. The fourth-order valence-electron chi connectivity index (χ4n) is 3.63. The van der Waals surface area contributed by atoms with Crippen molar-refractivity contribution in [3.8, 4) is 5.75 Å². The second kappa shape index (κ2) is 11.1. The van der Waals surface area contributed by atoms with Gasteiger partial charge in [-0.25, -0.2) is 25.3 Å². The van der Waals surface area contributed by atoms with Gasteiger partial charge in [-0.2, -0.15) is 0 Å². The minimum absolute atomic E-state index is 0.00717. The highest BCUT2D eigenvalue weighted by Crippen LogP contribution is 2.34. The summed E-state index contributed by atoms with van der Waals surface area (Å²) in [6.07, 6.45) is 0. The number of anilines is 2. The SMILES string of the molecule is COc1ccc(S(=O)(=O)CCN(C)C)cc1S(=O)(=O)Nc1ccccc1NS(=O)(=O)c1cc2ccccc2s1. The molecule has 0 radical (unpaired) electrons. The van der Waals surface area contributed by atoms with Gasteiger partial charge in [-0.15, -0.1) is 11.3 Å². The molecule has 14 heteroatoms. The third-order valence-electron chi connectivity index (χ3n) is 5.67. The summed E-state index contributed by atoms with van der Waals surface area (Å²) >= 11 is 1.09. The number of para-hydroxylation sites is 2. The minimum Gasteiger partial charge on any atom is -0.495 e. The monoisotopic (exact) mass is 609 g/mol. The Morgan fingerprint density at radius 1 is 0.795 bits per heavy atom. The molecule has 0 amide bonds. The van der Waals surface area contributed by atoms with Crippen LogP contribution in [0.25, 0.3) is 10.1 Å². The van der Waals surface area contributed by atoms with E-state index in [1.807, 2.05) is 12.1 Å². The van der Waals surface area contributed by atoms with Crippen LogP contribution in [0, 0.1) is 0 Å². The summed E-state index contributed by atoms with van der Waals surface area (Å²) in [6.45, 7) is 0.252. The second-order valence-corrected chi connectivity index (χ2v) is 15.5. The van der Waals surface area contributed by atoms with Crippen LogP contribution in [0.5, 0.6) is 5.75 Å². The molecule has 0 fully saturated rings. The van der Waals surface area contributed by atoms with E-state index in [1.165, 1.54) is 37.4 Å². The first-order valence-corrected chi connectivity index (χ1v) is 16.9. The summed E-state index contributed by atoms with van der Waals surface area (Å²) in [5, 5.41) is 0.768. The van der Waals surface area contributed by atoms with Gasteiger partial charge in [0.15, 0.2) is 9.84 Å². The Bertz CT molecular complexity index is 1800. The van der Waals surface area contributed by atoms with Crippen LogP contribution in [0.4, 0.5) is 11.4 Å². The van der Waals surface area contributed by atoms with E-state index in [0.29, 0.717) is 0 Å². The van der Waals surface area contributed by atoms with E-state index < -0.39 is 34.8 Å². The molecular weight excluding hydrogens is 583 g/mol. The van der Waals surface area contributed by atoms with E-state index in [0.717, 1.165) is 27.5 Å². The molecule has 0 bridgehead atoms. The van der Waals surface area contributed by atoms with Crippen LogP contribution in [-0.4, -0.2) is 63.7 Å². The van der Waals surface area contributed by atoms with Gasteiger partial charge in [0.25, 0.3) is 20.0 Å². The van der Waals surface area contributed by atoms with E-state index >= 15 is 0 Å². The van der Waals surface area contributed by atoms with Gasteiger partial charge in [0.1, 0.15) is 14.9 Å². The number of sulfonamides is 2. The van der Waals surface area contributed by atoms with Crippen LogP contribution < -0.4 is 14.2 Å². The van der Waals surface area contributed by atoms with E-state index in [2.05, 4.69) is 9.44 Å². The number of thiophene rings is 1. The van der Waals surface area contributed by atoms with Crippen molar-refractivity contribution >= 4 is 62.7 Å². The summed E-state index contributed by atoms with van der Waals surface area (Å²) < 4.78 is 89.8. The second-order valence-electron chi connectivity index (χ2n) is 8.79. The van der Waals surface area contributed by atoms with Crippen LogP contribution in [-0.2, 0) is 29.9 Å². The minimum atomic E-state index is -4.42. The lowest BCUT2D eigenvalue weighted by Gasteiger charge is -2.16. The average molecular weight is 610 g/mol. The standard InChI is InChI=1S/C25H27N3O7S4/c1-28(2)14-15-37(29,30)19-12-13-22(35-3)24(17-19)38(31,32)26-20-9-5-6-10-21(20)27-39(33,34)25-16-18-8-4-7-11-23(18)36-25/h4-13,16-17,26-27H,14-15H2,1-3H3. The molecule has 3 aromatic carbocycles. The lowest BCUT2D eigenvalue weighted by molar-refractivity contribution is 0.402. The van der Waals surface area contributed by atoms with Crippen LogP contribution in [0.15, 0.2) is 86.8 Å². The number of rotatable bonds is 11. The van der Waals surface area contributed by atoms with Gasteiger partial charge in [-0.1, -0.05) is 30.3 Å². The number of ether oxygens (including phenoxy) is 1. The number of benzene rings is 3. The number of sulfone groups is 1. The van der Waals surface area contributed by atoms with Gasteiger partial charge in [0.05, 0.1) is 29.1 Å². The lowest BCUT2D eigenvalue weighted by atomic mass is 10.3. The highest BCUT2D eigenvalue weighted by molar-refractivity contribution is 7.95. The van der Waals surface area contributed by atoms with Crippen molar-refractivity contribution < 1.29 is 30.0 Å². The van der Waals surface area contributed by atoms with Crippen LogP contribution in [0.1, 0.15) is 0 Å². The zero-order chi connectivity index (χ0) is 28.4. The Kier molecular flexibility index (Phi) is 8.23. The van der Waals surface area contributed by atoms with E-state index in [1.54, 1.807) is 43.3 Å². The highest BCUT2D eigenvalue weighted by Gasteiger charge is 2.26. The number of hydrogen-bond donors (Lipinski definition) is 2. The van der Waals surface area contributed by atoms with Gasteiger partial charge in [-0.3, -0.25) is 9.44 Å². The van der Waals surface area contributed by atoms with Crippen molar-refractivity contribution in [1.29, 1.82) is 0 Å². The molecule has 0 aliphatic carbocycles. The summed E-state index contributed by atoms with van der Waals surface area (Å²) in [5.74, 6) is -0.279. The molecule has 1 aromatic heterocycles. The first kappa shape index (κ1) is 28.8. The van der Waals surface area contributed by atoms with Crippen molar-refractivity contribution in [1.82, 2.24) is 4.90 Å². The molecular formula is C25H27N3O7S4.